The van der Waals surface area contributed by atoms with Crippen LogP contribution < -0.4 is 17.0 Å². The molecule has 0 fully saturated rings. The maximum absolute atomic E-state index is 10.8. The number of rotatable bonds is 2. The third-order valence-corrected chi connectivity index (χ3v) is 1.81. The van der Waals surface area contributed by atoms with Crippen molar-refractivity contribution in [2.45, 2.75) is 13.0 Å². The molecule has 0 unspecified atom stereocenters. The van der Waals surface area contributed by atoms with E-state index in [2.05, 4.69) is 4.98 Å². The van der Waals surface area contributed by atoms with Gasteiger partial charge in [-0.1, -0.05) is 6.07 Å². The molecule has 1 heterocycles. The third kappa shape index (κ3) is 1.72. The Kier molecular flexibility index (Phi) is 2.62. The molecule has 1 atom stereocenters. The molecule has 0 amide bonds. The van der Waals surface area contributed by atoms with Crippen LogP contribution in [0.2, 0.25) is 0 Å². The van der Waals surface area contributed by atoms with Gasteiger partial charge in [-0.3, -0.25) is 4.79 Å². The van der Waals surface area contributed by atoms with E-state index < -0.39 is 0 Å². The molecule has 0 saturated heterocycles. The van der Waals surface area contributed by atoms with Crippen LogP contribution in [0.4, 0.5) is 0 Å². The first-order chi connectivity index (χ1) is 5.65. The van der Waals surface area contributed by atoms with Gasteiger partial charge in [0, 0.05) is 24.3 Å². The van der Waals surface area contributed by atoms with E-state index in [1.54, 1.807) is 6.07 Å². The summed E-state index contributed by atoms with van der Waals surface area (Å²) in [5.74, 6) is 0. The van der Waals surface area contributed by atoms with Crippen molar-refractivity contribution >= 4 is 0 Å². The zero-order valence-electron chi connectivity index (χ0n) is 7.00. The third-order valence-electron chi connectivity index (χ3n) is 1.81. The fourth-order valence-electron chi connectivity index (χ4n) is 1.12. The SMILES string of the molecule is Cc1[nH]c(=O)ccc1[C@H](N)CN. The quantitative estimate of drug-likeness (QED) is 0.562. The monoisotopic (exact) mass is 167 g/mol. The van der Waals surface area contributed by atoms with Gasteiger partial charge in [-0.05, 0) is 12.5 Å². The molecule has 12 heavy (non-hydrogen) atoms. The van der Waals surface area contributed by atoms with E-state index in [4.69, 9.17) is 11.5 Å². The lowest BCUT2D eigenvalue weighted by Crippen LogP contribution is -2.23. The second-order valence-corrected chi connectivity index (χ2v) is 2.75. The Balaban J connectivity index is 3.09. The number of aromatic amines is 1. The molecule has 1 aromatic rings. The first-order valence-corrected chi connectivity index (χ1v) is 3.80. The van der Waals surface area contributed by atoms with E-state index in [0.29, 0.717) is 6.54 Å². The van der Waals surface area contributed by atoms with Crippen molar-refractivity contribution in [3.8, 4) is 0 Å². The number of pyridine rings is 1. The fourth-order valence-corrected chi connectivity index (χ4v) is 1.12. The van der Waals surface area contributed by atoms with Gasteiger partial charge in [0.2, 0.25) is 5.56 Å². The molecule has 0 bridgehead atoms. The minimum Gasteiger partial charge on any atom is -0.329 e. The highest BCUT2D eigenvalue weighted by molar-refractivity contribution is 5.22. The Hall–Kier alpha value is -1.13. The van der Waals surface area contributed by atoms with E-state index in [0.717, 1.165) is 11.3 Å². The number of nitrogens with two attached hydrogens (primary N) is 2. The van der Waals surface area contributed by atoms with Crippen LogP contribution >= 0.6 is 0 Å². The first kappa shape index (κ1) is 8.96. The van der Waals surface area contributed by atoms with Crippen molar-refractivity contribution in [2.75, 3.05) is 6.54 Å². The van der Waals surface area contributed by atoms with Gasteiger partial charge in [-0.25, -0.2) is 0 Å². The minimum absolute atomic E-state index is 0.111. The van der Waals surface area contributed by atoms with Gasteiger partial charge in [0.05, 0.1) is 0 Å². The summed E-state index contributed by atoms with van der Waals surface area (Å²) in [6, 6.07) is 2.98. The number of aromatic nitrogens is 1. The number of aryl methyl sites for hydroxylation is 1. The highest BCUT2D eigenvalue weighted by atomic mass is 16.1. The molecule has 0 aliphatic heterocycles. The molecular weight excluding hydrogens is 154 g/mol. The maximum atomic E-state index is 10.8. The summed E-state index contributed by atoms with van der Waals surface area (Å²) >= 11 is 0. The van der Waals surface area contributed by atoms with Gasteiger partial charge < -0.3 is 16.5 Å². The lowest BCUT2D eigenvalue weighted by molar-refractivity contribution is 0.724. The molecule has 1 aromatic heterocycles. The number of H-pyrrole nitrogens is 1. The zero-order valence-corrected chi connectivity index (χ0v) is 7.00. The van der Waals surface area contributed by atoms with Crippen molar-refractivity contribution in [1.82, 2.24) is 4.98 Å². The molecule has 4 heteroatoms. The van der Waals surface area contributed by atoms with Crippen molar-refractivity contribution in [3.63, 3.8) is 0 Å². The molecule has 0 spiro atoms. The van der Waals surface area contributed by atoms with E-state index in [-0.39, 0.29) is 11.6 Å². The molecule has 1 rings (SSSR count). The van der Waals surface area contributed by atoms with Crippen molar-refractivity contribution in [3.05, 3.63) is 33.7 Å². The predicted octanol–water partition coefficient (Wildman–Crippen LogP) is -0.358. The van der Waals surface area contributed by atoms with Crippen LogP contribution in [-0.2, 0) is 0 Å². The summed E-state index contributed by atoms with van der Waals surface area (Å²) in [7, 11) is 0. The predicted molar refractivity (Wildman–Crippen MR) is 47.8 cm³/mol. The van der Waals surface area contributed by atoms with E-state index in [1.807, 2.05) is 6.92 Å². The number of nitrogens with one attached hydrogen (secondary N) is 1. The summed E-state index contributed by atoms with van der Waals surface area (Å²) in [6.45, 7) is 2.19. The van der Waals surface area contributed by atoms with Gasteiger partial charge in [0.25, 0.3) is 0 Å². The minimum atomic E-state index is -0.193. The van der Waals surface area contributed by atoms with Crippen LogP contribution in [0.3, 0.4) is 0 Å². The Morgan fingerprint density at radius 3 is 2.75 bits per heavy atom. The topological polar surface area (TPSA) is 84.9 Å². The maximum Gasteiger partial charge on any atom is 0.248 e. The molecule has 0 aliphatic rings. The molecular formula is C8H13N3O. The Morgan fingerprint density at radius 2 is 2.25 bits per heavy atom. The van der Waals surface area contributed by atoms with Gasteiger partial charge in [-0.15, -0.1) is 0 Å². The average molecular weight is 167 g/mol. The van der Waals surface area contributed by atoms with Crippen LogP contribution in [0.1, 0.15) is 17.3 Å². The van der Waals surface area contributed by atoms with Crippen LogP contribution in [-0.4, -0.2) is 11.5 Å². The van der Waals surface area contributed by atoms with Crippen LogP contribution in [0, 0.1) is 6.92 Å². The summed E-state index contributed by atoms with van der Waals surface area (Å²) in [5.41, 5.74) is 12.7. The average Bonchev–Trinajstić information content (AvgIpc) is 2.03. The molecule has 4 nitrogen and oxygen atoms in total. The normalized spacial score (nSPS) is 12.9. The second-order valence-electron chi connectivity index (χ2n) is 2.75. The fraction of sp³-hybridized carbons (Fsp3) is 0.375. The lowest BCUT2D eigenvalue weighted by atomic mass is 10.1. The zero-order chi connectivity index (χ0) is 9.14. The molecule has 0 aliphatic carbocycles. The van der Waals surface area contributed by atoms with Gasteiger partial charge in [-0.2, -0.15) is 0 Å². The molecule has 0 saturated carbocycles. The van der Waals surface area contributed by atoms with Crippen molar-refractivity contribution in [1.29, 1.82) is 0 Å². The highest BCUT2D eigenvalue weighted by Crippen LogP contribution is 2.09. The number of hydrogen-bond acceptors (Lipinski definition) is 3. The van der Waals surface area contributed by atoms with Gasteiger partial charge >= 0.3 is 0 Å². The summed E-state index contributed by atoms with van der Waals surface area (Å²) in [5, 5.41) is 0. The second kappa shape index (κ2) is 3.51. The van der Waals surface area contributed by atoms with Gasteiger partial charge in [0.1, 0.15) is 0 Å². The first-order valence-electron chi connectivity index (χ1n) is 3.80. The highest BCUT2D eigenvalue weighted by Gasteiger charge is 2.06. The standard InChI is InChI=1S/C8H13N3O/c1-5-6(7(10)4-9)2-3-8(12)11-5/h2-3,7H,4,9-10H2,1H3,(H,11,12)/t7-/m1/s1. The summed E-state index contributed by atoms with van der Waals surface area (Å²) in [6.07, 6.45) is 0. The molecule has 5 N–H and O–H groups in total. The van der Waals surface area contributed by atoms with Crippen LogP contribution in [0.15, 0.2) is 16.9 Å². The van der Waals surface area contributed by atoms with E-state index in [9.17, 15) is 4.79 Å². The Bertz CT molecular complexity index is 318. The summed E-state index contributed by atoms with van der Waals surface area (Å²) in [4.78, 5) is 13.5. The van der Waals surface area contributed by atoms with E-state index >= 15 is 0 Å². The molecule has 66 valence electrons. The lowest BCUT2D eigenvalue weighted by Gasteiger charge is -2.10. The van der Waals surface area contributed by atoms with Crippen molar-refractivity contribution < 1.29 is 0 Å². The largest absolute Gasteiger partial charge is 0.329 e. The van der Waals surface area contributed by atoms with Crippen LogP contribution in [0.25, 0.3) is 0 Å². The Labute approximate surface area is 70.6 Å². The van der Waals surface area contributed by atoms with Crippen molar-refractivity contribution in [2.24, 2.45) is 11.5 Å². The summed E-state index contributed by atoms with van der Waals surface area (Å²) < 4.78 is 0. The smallest absolute Gasteiger partial charge is 0.248 e. The molecule has 0 radical (unpaired) electrons. The van der Waals surface area contributed by atoms with E-state index in [1.165, 1.54) is 6.07 Å². The number of hydrogen-bond donors (Lipinski definition) is 3. The molecule has 0 aromatic carbocycles. The Morgan fingerprint density at radius 1 is 1.58 bits per heavy atom. The van der Waals surface area contributed by atoms with Crippen LogP contribution in [0.5, 0.6) is 0 Å². The van der Waals surface area contributed by atoms with Gasteiger partial charge in [0.15, 0.2) is 0 Å².